The molecule has 0 radical (unpaired) electrons. The standard InChI is InChI=1S/C18H27ClN6O/c1-14-23-24-17(25(14)2)13-22-18(20-10-4-12-26-3)21-11-9-15-5-7-16(19)8-6-15/h5-8H,4,9-13H2,1-3H3,(H2,20,21,22). The Morgan fingerprint density at radius 2 is 1.92 bits per heavy atom. The number of nitrogens with one attached hydrogen (secondary N) is 2. The van der Waals surface area contributed by atoms with Crippen LogP contribution >= 0.6 is 11.6 Å². The lowest BCUT2D eigenvalue weighted by Gasteiger charge is -2.12. The Hall–Kier alpha value is -2.12. The van der Waals surface area contributed by atoms with Crippen LogP contribution in [0.2, 0.25) is 5.02 Å². The van der Waals surface area contributed by atoms with Crippen LogP contribution < -0.4 is 10.6 Å². The van der Waals surface area contributed by atoms with Crippen molar-refractivity contribution in [2.24, 2.45) is 12.0 Å². The molecule has 2 rings (SSSR count). The molecule has 1 aromatic heterocycles. The van der Waals surface area contributed by atoms with Crippen LogP contribution in [-0.2, 0) is 24.8 Å². The van der Waals surface area contributed by atoms with Crippen molar-refractivity contribution in [1.29, 1.82) is 0 Å². The first-order valence-corrected chi connectivity index (χ1v) is 9.08. The van der Waals surface area contributed by atoms with Crippen LogP contribution in [0.25, 0.3) is 0 Å². The predicted molar refractivity (Wildman–Crippen MR) is 105 cm³/mol. The van der Waals surface area contributed by atoms with Crippen molar-refractivity contribution in [2.45, 2.75) is 26.3 Å². The maximum Gasteiger partial charge on any atom is 0.191 e. The summed E-state index contributed by atoms with van der Waals surface area (Å²) in [5, 5.41) is 15.7. The highest BCUT2D eigenvalue weighted by Gasteiger charge is 2.05. The van der Waals surface area contributed by atoms with Gasteiger partial charge < -0.3 is 19.9 Å². The van der Waals surface area contributed by atoms with Crippen molar-refractivity contribution in [2.75, 3.05) is 26.8 Å². The van der Waals surface area contributed by atoms with Gasteiger partial charge in [0.2, 0.25) is 0 Å². The van der Waals surface area contributed by atoms with Gasteiger partial charge in [0.05, 0.1) is 0 Å². The molecule has 0 amide bonds. The minimum Gasteiger partial charge on any atom is -0.385 e. The van der Waals surface area contributed by atoms with E-state index < -0.39 is 0 Å². The van der Waals surface area contributed by atoms with Gasteiger partial charge in [-0.15, -0.1) is 10.2 Å². The van der Waals surface area contributed by atoms with Gasteiger partial charge in [-0.2, -0.15) is 0 Å². The molecule has 7 nitrogen and oxygen atoms in total. The SMILES string of the molecule is COCCCNC(=NCc1nnc(C)n1C)NCCc1ccc(Cl)cc1. The number of aliphatic imine (C=N–C) groups is 1. The molecule has 0 spiro atoms. The molecule has 0 saturated heterocycles. The van der Waals surface area contributed by atoms with Crippen LogP contribution in [0.5, 0.6) is 0 Å². The molecule has 0 aliphatic carbocycles. The van der Waals surface area contributed by atoms with Crippen molar-refractivity contribution >= 4 is 17.6 Å². The highest BCUT2D eigenvalue weighted by atomic mass is 35.5. The van der Waals surface area contributed by atoms with Gasteiger partial charge in [-0.3, -0.25) is 0 Å². The third-order valence-electron chi connectivity index (χ3n) is 4.00. The summed E-state index contributed by atoms with van der Waals surface area (Å²) in [4.78, 5) is 4.62. The van der Waals surface area contributed by atoms with E-state index in [4.69, 9.17) is 16.3 Å². The van der Waals surface area contributed by atoms with Crippen molar-refractivity contribution in [3.63, 3.8) is 0 Å². The van der Waals surface area contributed by atoms with Crippen LogP contribution in [-0.4, -0.2) is 47.5 Å². The molecule has 0 unspecified atom stereocenters. The summed E-state index contributed by atoms with van der Waals surface area (Å²) in [6.07, 6.45) is 1.80. The highest BCUT2D eigenvalue weighted by Crippen LogP contribution is 2.09. The fourth-order valence-electron chi connectivity index (χ4n) is 2.31. The van der Waals surface area contributed by atoms with E-state index in [0.717, 1.165) is 48.6 Å². The molecule has 142 valence electrons. The first-order valence-electron chi connectivity index (χ1n) is 8.70. The smallest absolute Gasteiger partial charge is 0.191 e. The molecule has 0 aliphatic heterocycles. The topological polar surface area (TPSA) is 76.4 Å². The van der Waals surface area contributed by atoms with Crippen LogP contribution in [0.3, 0.4) is 0 Å². The Morgan fingerprint density at radius 3 is 2.58 bits per heavy atom. The van der Waals surface area contributed by atoms with Crippen molar-refractivity contribution in [3.8, 4) is 0 Å². The number of rotatable bonds is 9. The Labute approximate surface area is 159 Å². The van der Waals surface area contributed by atoms with Gasteiger partial charge in [0.15, 0.2) is 11.8 Å². The first-order chi connectivity index (χ1) is 12.6. The molecule has 2 aromatic rings. The largest absolute Gasteiger partial charge is 0.385 e. The molecule has 0 fully saturated rings. The third kappa shape index (κ3) is 6.65. The fraction of sp³-hybridized carbons (Fsp3) is 0.500. The summed E-state index contributed by atoms with van der Waals surface area (Å²) < 4.78 is 7.03. The average molecular weight is 379 g/mol. The summed E-state index contributed by atoms with van der Waals surface area (Å²) in [5.41, 5.74) is 1.23. The number of aryl methyl sites for hydroxylation is 1. The van der Waals surface area contributed by atoms with Gasteiger partial charge in [0.25, 0.3) is 0 Å². The number of ether oxygens (including phenoxy) is 1. The third-order valence-corrected chi connectivity index (χ3v) is 4.25. The number of methoxy groups -OCH3 is 1. The van der Waals surface area contributed by atoms with E-state index in [1.54, 1.807) is 7.11 Å². The number of nitrogens with zero attached hydrogens (tertiary/aromatic N) is 4. The van der Waals surface area contributed by atoms with E-state index in [1.807, 2.05) is 42.8 Å². The molecule has 0 atom stereocenters. The van der Waals surface area contributed by atoms with E-state index in [-0.39, 0.29) is 0 Å². The molecule has 0 bridgehead atoms. The molecule has 0 aliphatic rings. The van der Waals surface area contributed by atoms with Gasteiger partial charge in [-0.05, 0) is 37.5 Å². The van der Waals surface area contributed by atoms with Crippen molar-refractivity contribution in [1.82, 2.24) is 25.4 Å². The monoisotopic (exact) mass is 378 g/mol. The van der Waals surface area contributed by atoms with Crippen LogP contribution in [0.4, 0.5) is 0 Å². The predicted octanol–water partition coefficient (Wildman–Crippen LogP) is 2.09. The van der Waals surface area contributed by atoms with E-state index in [1.165, 1.54) is 5.56 Å². The van der Waals surface area contributed by atoms with Gasteiger partial charge >= 0.3 is 0 Å². The minimum atomic E-state index is 0.470. The van der Waals surface area contributed by atoms with Crippen molar-refractivity contribution < 1.29 is 4.74 Å². The van der Waals surface area contributed by atoms with E-state index in [0.29, 0.717) is 13.2 Å². The summed E-state index contributed by atoms with van der Waals surface area (Å²) in [6.45, 7) is 4.67. The Kier molecular flexibility index (Phi) is 8.37. The quantitative estimate of drug-likeness (QED) is 0.397. The van der Waals surface area contributed by atoms with Gasteiger partial charge in [0, 0.05) is 38.9 Å². The second-order valence-electron chi connectivity index (χ2n) is 5.96. The fourth-order valence-corrected chi connectivity index (χ4v) is 2.44. The lowest BCUT2D eigenvalue weighted by molar-refractivity contribution is 0.195. The number of guanidine groups is 1. The molecule has 0 saturated carbocycles. The zero-order valence-electron chi connectivity index (χ0n) is 15.6. The second kappa shape index (κ2) is 10.8. The Bertz CT molecular complexity index is 698. The second-order valence-corrected chi connectivity index (χ2v) is 6.40. The number of aromatic nitrogens is 3. The maximum absolute atomic E-state index is 5.92. The molecular weight excluding hydrogens is 352 g/mol. The number of hydrogen-bond donors (Lipinski definition) is 2. The highest BCUT2D eigenvalue weighted by molar-refractivity contribution is 6.30. The lowest BCUT2D eigenvalue weighted by Crippen LogP contribution is -2.39. The lowest BCUT2D eigenvalue weighted by atomic mass is 10.1. The Balaban J connectivity index is 1.90. The van der Waals surface area contributed by atoms with E-state index >= 15 is 0 Å². The molecule has 8 heteroatoms. The normalized spacial score (nSPS) is 11.6. The summed E-state index contributed by atoms with van der Waals surface area (Å²) in [6, 6.07) is 7.89. The van der Waals surface area contributed by atoms with E-state index in [2.05, 4.69) is 25.8 Å². The van der Waals surface area contributed by atoms with Crippen LogP contribution in [0, 0.1) is 6.92 Å². The Morgan fingerprint density at radius 1 is 1.19 bits per heavy atom. The average Bonchev–Trinajstić information content (AvgIpc) is 2.96. The van der Waals surface area contributed by atoms with Crippen LogP contribution in [0.15, 0.2) is 29.3 Å². The van der Waals surface area contributed by atoms with Crippen molar-refractivity contribution in [3.05, 3.63) is 46.5 Å². The van der Waals surface area contributed by atoms with Gasteiger partial charge in [-0.1, -0.05) is 23.7 Å². The minimum absolute atomic E-state index is 0.470. The molecular formula is C18H27ClN6O. The van der Waals surface area contributed by atoms with Gasteiger partial charge in [-0.25, -0.2) is 4.99 Å². The maximum atomic E-state index is 5.92. The van der Waals surface area contributed by atoms with E-state index in [9.17, 15) is 0 Å². The molecule has 2 N–H and O–H groups in total. The number of hydrogen-bond acceptors (Lipinski definition) is 4. The van der Waals surface area contributed by atoms with Crippen LogP contribution in [0.1, 0.15) is 23.6 Å². The number of halogens is 1. The number of benzene rings is 1. The van der Waals surface area contributed by atoms with Gasteiger partial charge in [0.1, 0.15) is 12.4 Å². The summed E-state index contributed by atoms with van der Waals surface area (Å²) in [5.74, 6) is 2.47. The summed E-state index contributed by atoms with van der Waals surface area (Å²) >= 11 is 5.92. The molecule has 26 heavy (non-hydrogen) atoms. The molecule has 1 aromatic carbocycles. The molecule has 1 heterocycles. The zero-order chi connectivity index (χ0) is 18.8. The summed E-state index contributed by atoms with van der Waals surface area (Å²) in [7, 11) is 3.65. The zero-order valence-corrected chi connectivity index (χ0v) is 16.4. The first kappa shape index (κ1) is 20.2.